The zero-order valence-electron chi connectivity index (χ0n) is 21.3. The van der Waals surface area contributed by atoms with Crippen LogP contribution in [-0.4, -0.2) is 38.7 Å². The number of benzene rings is 3. The van der Waals surface area contributed by atoms with E-state index in [9.17, 15) is 9.59 Å². The number of fused-ring (bicyclic) bond motifs is 1. The van der Waals surface area contributed by atoms with Crippen molar-refractivity contribution in [3.63, 3.8) is 0 Å². The van der Waals surface area contributed by atoms with Crippen molar-refractivity contribution in [2.45, 2.75) is 57.4 Å². The summed E-state index contributed by atoms with van der Waals surface area (Å²) in [6.07, 6.45) is 5.90. The average Bonchev–Trinajstić information content (AvgIpc) is 2.91. The number of nitrogens with one attached hydrogen (secondary N) is 1. The summed E-state index contributed by atoms with van der Waals surface area (Å²) in [5.41, 5.74) is 3.09. The van der Waals surface area contributed by atoms with E-state index in [2.05, 4.69) is 11.4 Å². The van der Waals surface area contributed by atoms with Crippen molar-refractivity contribution in [1.82, 2.24) is 5.32 Å². The van der Waals surface area contributed by atoms with Gasteiger partial charge in [0, 0.05) is 12.0 Å². The molecule has 1 aliphatic carbocycles. The van der Waals surface area contributed by atoms with Crippen LogP contribution in [0.5, 0.6) is 11.5 Å². The Balaban J connectivity index is 1.56. The predicted octanol–water partition coefficient (Wildman–Crippen LogP) is 5.68. The van der Waals surface area contributed by atoms with E-state index in [0.717, 1.165) is 46.1 Å². The molecule has 1 fully saturated rings. The number of hydrogen-bond donors (Lipinski definition) is 1. The van der Waals surface area contributed by atoms with Gasteiger partial charge in [0.1, 0.15) is 11.5 Å². The van der Waals surface area contributed by atoms with Crippen LogP contribution in [-0.2, 0) is 14.3 Å². The third-order valence-corrected chi connectivity index (χ3v) is 7.04. The summed E-state index contributed by atoms with van der Waals surface area (Å²) >= 11 is 0. The number of amides is 1. The van der Waals surface area contributed by atoms with Gasteiger partial charge >= 0.3 is 5.97 Å². The van der Waals surface area contributed by atoms with Crippen molar-refractivity contribution < 1.29 is 23.8 Å². The quantitative estimate of drug-likeness (QED) is 0.392. The molecule has 1 atom stereocenters. The highest BCUT2D eigenvalue weighted by Crippen LogP contribution is 2.35. The van der Waals surface area contributed by atoms with Gasteiger partial charge in [-0.15, -0.1) is 0 Å². The molecule has 0 bridgehead atoms. The third kappa shape index (κ3) is 6.36. The summed E-state index contributed by atoms with van der Waals surface area (Å²) in [4.78, 5) is 24.7. The first-order valence-electron chi connectivity index (χ1n) is 12.6. The summed E-state index contributed by atoms with van der Waals surface area (Å²) in [6, 6.07) is 18.2. The molecule has 1 unspecified atom stereocenters. The number of aryl methyl sites for hydroxylation is 1. The lowest BCUT2D eigenvalue weighted by molar-refractivity contribution is -0.140. The Morgan fingerprint density at radius 2 is 1.67 bits per heavy atom. The van der Waals surface area contributed by atoms with Crippen molar-refractivity contribution >= 4 is 22.6 Å². The predicted molar refractivity (Wildman–Crippen MR) is 141 cm³/mol. The zero-order chi connectivity index (χ0) is 25.5. The summed E-state index contributed by atoms with van der Waals surface area (Å²) in [5.74, 6) is 0.836. The van der Waals surface area contributed by atoms with Gasteiger partial charge in [0.05, 0.1) is 20.6 Å². The van der Waals surface area contributed by atoms with Crippen LogP contribution in [0.15, 0.2) is 54.6 Å². The van der Waals surface area contributed by atoms with E-state index in [1.165, 1.54) is 26.4 Å². The highest BCUT2D eigenvalue weighted by atomic mass is 16.5. The van der Waals surface area contributed by atoms with Gasteiger partial charge in [-0.2, -0.15) is 0 Å². The molecular formula is C30H35NO5. The Morgan fingerprint density at radius 1 is 0.917 bits per heavy atom. The normalized spacial score (nSPS) is 14.8. The van der Waals surface area contributed by atoms with Crippen LogP contribution in [0, 0.1) is 6.92 Å². The maximum atomic E-state index is 12.4. The number of carbonyl (C=O) groups is 2. The summed E-state index contributed by atoms with van der Waals surface area (Å²) in [7, 11) is 3.04. The standard InChI is InChI=1S/C30H35NO5/c1-20-9-13-25(34-2)17-27(20)28(18-30(33)35-3)22-11-10-21-12-14-26(16-23(21)15-22)36-19-29(32)31-24-7-5-4-6-8-24/h9-17,24,28H,4-8,18-19H2,1-3H3,(H,31,32). The van der Waals surface area contributed by atoms with E-state index in [4.69, 9.17) is 14.2 Å². The van der Waals surface area contributed by atoms with E-state index in [1.807, 2.05) is 55.5 Å². The molecule has 0 spiro atoms. The van der Waals surface area contributed by atoms with Crippen LogP contribution >= 0.6 is 0 Å². The van der Waals surface area contributed by atoms with Crippen LogP contribution in [0.2, 0.25) is 0 Å². The van der Waals surface area contributed by atoms with Crippen molar-refractivity contribution in [1.29, 1.82) is 0 Å². The lowest BCUT2D eigenvalue weighted by Crippen LogP contribution is -2.38. The molecule has 1 N–H and O–H groups in total. The molecule has 1 saturated carbocycles. The number of ether oxygens (including phenoxy) is 3. The summed E-state index contributed by atoms with van der Waals surface area (Å²) in [6.45, 7) is 2.03. The first kappa shape index (κ1) is 25.5. The monoisotopic (exact) mass is 489 g/mol. The number of carbonyl (C=O) groups excluding carboxylic acids is 2. The lowest BCUT2D eigenvalue weighted by Gasteiger charge is -2.22. The Hall–Kier alpha value is -3.54. The fraction of sp³-hybridized carbons (Fsp3) is 0.400. The van der Waals surface area contributed by atoms with Gasteiger partial charge in [-0.05, 0) is 71.5 Å². The molecule has 3 aromatic carbocycles. The van der Waals surface area contributed by atoms with Gasteiger partial charge in [-0.3, -0.25) is 9.59 Å². The van der Waals surface area contributed by atoms with Crippen molar-refractivity contribution in [2.24, 2.45) is 0 Å². The Bertz CT molecular complexity index is 1220. The minimum Gasteiger partial charge on any atom is -0.497 e. The van der Waals surface area contributed by atoms with E-state index < -0.39 is 0 Å². The highest BCUT2D eigenvalue weighted by Gasteiger charge is 2.22. The van der Waals surface area contributed by atoms with Crippen LogP contribution in [0.25, 0.3) is 10.8 Å². The Kier molecular flexibility index (Phi) is 8.47. The molecule has 0 aliphatic heterocycles. The SMILES string of the molecule is COC(=O)CC(c1ccc2ccc(OCC(=O)NC3CCCCC3)cc2c1)c1cc(OC)ccc1C. The highest BCUT2D eigenvalue weighted by molar-refractivity contribution is 5.85. The first-order chi connectivity index (χ1) is 17.5. The van der Waals surface area contributed by atoms with Gasteiger partial charge in [-0.1, -0.05) is 49.6 Å². The second-order valence-electron chi connectivity index (χ2n) is 9.51. The van der Waals surface area contributed by atoms with Crippen molar-refractivity contribution in [2.75, 3.05) is 20.8 Å². The van der Waals surface area contributed by atoms with Gasteiger partial charge in [0.2, 0.25) is 0 Å². The zero-order valence-corrected chi connectivity index (χ0v) is 21.3. The van der Waals surface area contributed by atoms with Crippen LogP contribution < -0.4 is 14.8 Å². The molecule has 0 aromatic heterocycles. The number of rotatable bonds is 9. The Morgan fingerprint density at radius 3 is 2.42 bits per heavy atom. The molecular weight excluding hydrogens is 454 g/mol. The molecule has 1 aliphatic rings. The lowest BCUT2D eigenvalue weighted by atomic mass is 9.85. The Labute approximate surface area is 212 Å². The number of esters is 1. The minimum atomic E-state index is -0.275. The third-order valence-electron chi connectivity index (χ3n) is 7.04. The first-order valence-corrected chi connectivity index (χ1v) is 12.6. The maximum Gasteiger partial charge on any atom is 0.306 e. The van der Waals surface area contributed by atoms with Gasteiger partial charge in [0.15, 0.2) is 6.61 Å². The van der Waals surface area contributed by atoms with Gasteiger partial charge in [-0.25, -0.2) is 0 Å². The topological polar surface area (TPSA) is 73.9 Å². The molecule has 0 saturated heterocycles. The molecule has 190 valence electrons. The van der Waals surface area contributed by atoms with E-state index >= 15 is 0 Å². The van der Waals surface area contributed by atoms with Crippen LogP contribution in [0.3, 0.4) is 0 Å². The molecule has 6 nitrogen and oxygen atoms in total. The number of methoxy groups -OCH3 is 2. The van der Waals surface area contributed by atoms with Crippen molar-refractivity contribution in [3.05, 3.63) is 71.3 Å². The molecule has 0 heterocycles. The number of hydrogen-bond acceptors (Lipinski definition) is 5. The molecule has 6 heteroatoms. The largest absolute Gasteiger partial charge is 0.497 e. The molecule has 3 aromatic rings. The smallest absolute Gasteiger partial charge is 0.306 e. The maximum absolute atomic E-state index is 12.4. The van der Waals surface area contributed by atoms with Gasteiger partial charge in [0.25, 0.3) is 5.91 Å². The van der Waals surface area contributed by atoms with E-state index in [0.29, 0.717) is 5.75 Å². The van der Waals surface area contributed by atoms with Gasteiger partial charge < -0.3 is 19.5 Å². The second kappa shape index (κ2) is 11.9. The van der Waals surface area contributed by atoms with E-state index in [1.54, 1.807) is 7.11 Å². The summed E-state index contributed by atoms with van der Waals surface area (Å²) in [5, 5.41) is 5.12. The second-order valence-corrected chi connectivity index (χ2v) is 9.51. The fourth-order valence-electron chi connectivity index (χ4n) is 4.99. The minimum absolute atomic E-state index is 0.00430. The van der Waals surface area contributed by atoms with Crippen LogP contribution in [0.4, 0.5) is 0 Å². The van der Waals surface area contributed by atoms with Crippen LogP contribution in [0.1, 0.15) is 61.1 Å². The molecule has 1 amide bonds. The van der Waals surface area contributed by atoms with E-state index in [-0.39, 0.29) is 36.9 Å². The molecule has 36 heavy (non-hydrogen) atoms. The fourth-order valence-corrected chi connectivity index (χ4v) is 4.99. The molecule has 4 rings (SSSR count). The average molecular weight is 490 g/mol. The molecule has 0 radical (unpaired) electrons. The summed E-state index contributed by atoms with van der Waals surface area (Å²) < 4.78 is 16.3. The van der Waals surface area contributed by atoms with Crippen molar-refractivity contribution in [3.8, 4) is 11.5 Å².